The Labute approximate surface area is 191 Å². The third-order valence-corrected chi connectivity index (χ3v) is 12.4. The maximum atomic E-state index is 13.5. The Kier molecular flexibility index (Phi) is 5.53. The summed E-state index contributed by atoms with van der Waals surface area (Å²) in [6.07, 6.45) is -0.636. The van der Waals surface area contributed by atoms with Crippen molar-refractivity contribution in [3.8, 4) is 0 Å². The molecule has 7 nitrogen and oxygen atoms in total. The van der Waals surface area contributed by atoms with Crippen LogP contribution in [0.1, 0.15) is 51.8 Å². The van der Waals surface area contributed by atoms with E-state index in [0.717, 1.165) is 11.1 Å². The van der Waals surface area contributed by atoms with Gasteiger partial charge in [0.2, 0.25) is 11.8 Å². The van der Waals surface area contributed by atoms with Crippen LogP contribution in [0.15, 0.2) is 24.3 Å². The molecule has 32 heavy (non-hydrogen) atoms. The van der Waals surface area contributed by atoms with Crippen LogP contribution in [0.4, 0.5) is 4.79 Å². The third kappa shape index (κ3) is 3.57. The van der Waals surface area contributed by atoms with Gasteiger partial charge in [0.15, 0.2) is 8.32 Å². The van der Waals surface area contributed by atoms with Gasteiger partial charge in [-0.2, -0.15) is 0 Å². The molecule has 3 amide bonds. The molecule has 2 fully saturated rings. The Bertz CT molecular complexity index is 956. The second-order valence-electron chi connectivity index (χ2n) is 10.9. The molecular weight excluding hydrogens is 424 g/mol. The number of fused-ring (bicyclic) bond motifs is 3. The number of amides is 3. The Morgan fingerprint density at radius 1 is 1.22 bits per heavy atom. The fourth-order valence-corrected chi connectivity index (χ4v) is 6.35. The van der Waals surface area contributed by atoms with E-state index in [9.17, 15) is 14.4 Å². The van der Waals surface area contributed by atoms with Crippen molar-refractivity contribution < 1.29 is 23.5 Å². The topological polar surface area (TPSA) is 84.9 Å². The highest BCUT2D eigenvalue weighted by Crippen LogP contribution is 2.44. The summed E-state index contributed by atoms with van der Waals surface area (Å²) >= 11 is 0. The smallest absolute Gasteiger partial charge is 0.417 e. The Balaban J connectivity index is 1.51. The van der Waals surface area contributed by atoms with E-state index in [0.29, 0.717) is 6.42 Å². The number of nitrogens with zero attached hydrogens (tertiary/aromatic N) is 1. The standard InChI is InChI=1S/C24H34N2O5Si/c1-13(19-18(21(27)25-19)14(2)31-32(6,7)24(3,4)5)22(28)26-20-16-11-9-8-10-15(16)12-17(20)30-23(26)29/h8-11,13-14,17-20H,12H2,1-7H3,(H,25,27)/t13-,14-,17?,18-,19-,20-/m1/s1. The Morgan fingerprint density at radius 3 is 2.50 bits per heavy atom. The van der Waals surface area contributed by atoms with Crippen molar-refractivity contribution >= 4 is 26.2 Å². The highest BCUT2D eigenvalue weighted by Gasteiger charge is 2.55. The number of carbonyl (C=O) groups is 3. The second-order valence-corrected chi connectivity index (χ2v) is 15.7. The zero-order chi connectivity index (χ0) is 23.6. The van der Waals surface area contributed by atoms with Gasteiger partial charge in [0, 0.05) is 6.42 Å². The lowest BCUT2D eigenvalue weighted by Crippen LogP contribution is -2.67. The minimum absolute atomic E-state index is 0.0165. The lowest BCUT2D eigenvalue weighted by molar-refractivity contribution is -0.147. The number of hydrogen-bond donors (Lipinski definition) is 1. The van der Waals surface area contributed by atoms with Crippen LogP contribution < -0.4 is 5.32 Å². The zero-order valence-electron chi connectivity index (χ0n) is 20.0. The minimum Gasteiger partial charge on any atom is -0.443 e. The molecule has 1 aliphatic carbocycles. The van der Waals surface area contributed by atoms with E-state index in [4.69, 9.17) is 9.16 Å². The number of imide groups is 1. The van der Waals surface area contributed by atoms with Crippen LogP contribution in [0, 0.1) is 11.8 Å². The quantitative estimate of drug-likeness (QED) is 0.536. The summed E-state index contributed by atoms with van der Waals surface area (Å²) in [6, 6.07) is 7.06. The molecule has 0 aromatic heterocycles. The molecule has 3 aliphatic rings. The van der Waals surface area contributed by atoms with Crippen LogP contribution >= 0.6 is 0 Å². The van der Waals surface area contributed by atoms with Crippen molar-refractivity contribution in [3.05, 3.63) is 35.4 Å². The number of carbonyl (C=O) groups excluding carboxylic acids is 3. The number of β-lactam (4-membered cyclic amide) rings is 1. The molecule has 2 heterocycles. The van der Waals surface area contributed by atoms with Crippen molar-refractivity contribution in [1.82, 2.24) is 10.2 Å². The van der Waals surface area contributed by atoms with Gasteiger partial charge in [-0.15, -0.1) is 0 Å². The second kappa shape index (κ2) is 7.69. The molecule has 4 rings (SSSR count). The molecule has 1 aromatic rings. The summed E-state index contributed by atoms with van der Waals surface area (Å²) in [5, 5.41) is 2.91. The maximum absolute atomic E-state index is 13.5. The highest BCUT2D eigenvalue weighted by atomic mass is 28.4. The molecule has 0 bridgehead atoms. The summed E-state index contributed by atoms with van der Waals surface area (Å²) in [5.74, 6) is -1.40. The lowest BCUT2D eigenvalue weighted by atomic mass is 9.78. The van der Waals surface area contributed by atoms with Gasteiger partial charge in [0.25, 0.3) is 0 Å². The van der Waals surface area contributed by atoms with Gasteiger partial charge in [-0.25, -0.2) is 9.69 Å². The molecule has 2 aliphatic heterocycles. The number of nitrogens with one attached hydrogen (secondary N) is 1. The molecule has 0 radical (unpaired) electrons. The van der Waals surface area contributed by atoms with Gasteiger partial charge in [-0.3, -0.25) is 9.59 Å². The molecule has 1 aromatic carbocycles. The van der Waals surface area contributed by atoms with Gasteiger partial charge in [-0.1, -0.05) is 52.0 Å². The number of hydrogen-bond acceptors (Lipinski definition) is 5. The molecule has 1 unspecified atom stereocenters. The van der Waals surface area contributed by atoms with E-state index in [1.165, 1.54) is 4.90 Å². The monoisotopic (exact) mass is 458 g/mol. The van der Waals surface area contributed by atoms with Crippen molar-refractivity contribution in [2.45, 2.75) is 83.5 Å². The molecule has 6 atom stereocenters. The molecule has 1 N–H and O–H groups in total. The van der Waals surface area contributed by atoms with Crippen molar-refractivity contribution in [2.75, 3.05) is 0 Å². The molecule has 0 saturated carbocycles. The summed E-state index contributed by atoms with van der Waals surface area (Å²) in [4.78, 5) is 39.9. The van der Waals surface area contributed by atoms with Crippen LogP contribution in [0.5, 0.6) is 0 Å². The van der Waals surface area contributed by atoms with Crippen LogP contribution in [0.25, 0.3) is 0 Å². The molecular formula is C24H34N2O5Si. The van der Waals surface area contributed by atoms with E-state index >= 15 is 0 Å². The first-order chi connectivity index (χ1) is 14.8. The summed E-state index contributed by atoms with van der Waals surface area (Å²) in [6.45, 7) is 14.5. The lowest BCUT2D eigenvalue weighted by Gasteiger charge is -2.47. The summed E-state index contributed by atoms with van der Waals surface area (Å²) < 4.78 is 12.0. The van der Waals surface area contributed by atoms with Gasteiger partial charge in [-0.05, 0) is 36.2 Å². The van der Waals surface area contributed by atoms with E-state index in [1.807, 2.05) is 31.2 Å². The van der Waals surface area contributed by atoms with Gasteiger partial charge in [0.1, 0.15) is 12.1 Å². The average Bonchev–Trinajstić information content (AvgIpc) is 3.17. The number of ether oxygens (including phenoxy) is 1. The predicted molar refractivity (Wildman–Crippen MR) is 122 cm³/mol. The SMILES string of the molecule is C[C@@H](O[Si](C)(C)C(C)(C)C)[C@H]1C(=O)N[C@@H]1[C@@H](C)C(=O)N1C(=O)OC2Cc3ccccc3[C@H]21. The fourth-order valence-electron chi connectivity index (χ4n) is 4.92. The normalized spacial score (nSPS) is 28.9. The minimum atomic E-state index is -2.08. The molecule has 2 saturated heterocycles. The summed E-state index contributed by atoms with van der Waals surface area (Å²) in [7, 11) is -2.08. The zero-order valence-corrected chi connectivity index (χ0v) is 21.0. The van der Waals surface area contributed by atoms with E-state index < -0.39 is 32.3 Å². The largest absolute Gasteiger partial charge is 0.443 e. The first-order valence-electron chi connectivity index (χ1n) is 11.4. The summed E-state index contributed by atoms with van der Waals surface area (Å²) in [5.41, 5.74) is 2.07. The number of benzene rings is 1. The first-order valence-corrected chi connectivity index (χ1v) is 14.3. The van der Waals surface area contributed by atoms with Crippen LogP contribution in [-0.4, -0.2) is 49.4 Å². The van der Waals surface area contributed by atoms with Crippen molar-refractivity contribution in [3.63, 3.8) is 0 Å². The third-order valence-electron chi connectivity index (χ3n) is 7.83. The van der Waals surface area contributed by atoms with Crippen LogP contribution in [-0.2, 0) is 25.2 Å². The molecule has 174 valence electrons. The first kappa shape index (κ1) is 23.0. The average molecular weight is 459 g/mol. The van der Waals surface area contributed by atoms with Gasteiger partial charge < -0.3 is 14.5 Å². The number of rotatable bonds is 5. The fraction of sp³-hybridized carbons (Fsp3) is 0.625. The Hall–Kier alpha value is -2.19. The maximum Gasteiger partial charge on any atom is 0.417 e. The van der Waals surface area contributed by atoms with Gasteiger partial charge >= 0.3 is 6.09 Å². The van der Waals surface area contributed by atoms with Crippen LogP contribution in [0.3, 0.4) is 0 Å². The molecule has 8 heteroatoms. The van der Waals surface area contributed by atoms with E-state index in [-0.39, 0.29) is 35.1 Å². The van der Waals surface area contributed by atoms with Crippen molar-refractivity contribution in [1.29, 1.82) is 0 Å². The van der Waals surface area contributed by atoms with Crippen molar-refractivity contribution in [2.24, 2.45) is 11.8 Å². The predicted octanol–water partition coefficient (Wildman–Crippen LogP) is 3.79. The van der Waals surface area contributed by atoms with E-state index in [2.05, 4.69) is 39.2 Å². The molecule has 0 spiro atoms. The Morgan fingerprint density at radius 2 is 1.88 bits per heavy atom. The van der Waals surface area contributed by atoms with Crippen LogP contribution in [0.2, 0.25) is 18.1 Å². The van der Waals surface area contributed by atoms with E-state index in [1.54, 1.807) is 6.92 Å². The van der Waals surface area contributed by atoms with Gasteiger partial charge in [0.05, 0.1) is 24.0 Å². The highest BCUT2D eigenvalue weighted by molar-refractivity contribution is 6.74.